The lowest BCUT2D eigenvalue weighted by Crippen LogP contribution is -2.43. The van der Waals surface area contributed by atoms with Crippen LogP contribution in [0.5, 0.6) is 0 Å². The van der Waals surface area contributed by atoms with E-state index >= 15 is 0 Å². The van der Waals surface area contributed by atoms with Crippen LogP contribution in [0.4, 0.5) is 0 Å². The molecule has 0 saturated heterocycles. The Morgan fingerprint density at radius 1 is 1.14 bits per heavy atom. The minimum Gasteiger partial charge on any atom is -0.316 e. The van der Waals surface area contributed by atoms with Crippen LogP contribution < -0.4 is 5.73 Å². The summed E-state index contributed by atoms with van der Waals surface area (Å²) < 4.78 is 0. The molecule has 0 bridgehead atoms. The van der Waals surface area contributed by atoms with E-state index in [4.69, 9.17) is 5.73 Å². The molecule has 0 aromatic rings. The minimum absolute atomic E-state index is 0.116. The van der Waals surface area contributed by atoms with Crippen LogP contribution >= 0.6 is 0 Å². The van der Waals surface area contributed by atoms with Gasteiger partial charge in [0.25, 0.3) is 0 Å². The third kappa shape index (κ3) is 8.37. The zero-order chi connectivity index (χ0) is 15.3. The van der Waals surface area contributed by atoms with Crippen LogP contribution in [-0.4, -0.2) is 30.0 Å². The highest BCUT2D eigenvalue weighted by molar-refractivity contribution is 5.62. The quantitative estimate of drug-likeness (QED) is 0.426. The molecule has 0 aromatic heterocycles. The first-order chi connectivity index (χ1) is 10.3. The fraction of sp³-hybridized carbons (Fsp3) is 0.833. The van der Waals surface area contributed by atoms with Gasteiger partial charge in [0.05, 0.1) is 6.17 Å². The smallest absolute Gasteiger partial charge is 0.103 e. The number of hydrogen-bond donors (Lipinski definition) is 1. The molecular weight excluding hydrogens is 258 g/mol. The highest BCUT2D eigenvalue weighted by Crippen LogP contribution is 2.16. The van der Waals surface area contributed by atoms with Crippen molar-refractivity contribution < 1.29 is 0 Å². The Balaban J connectivity index is 1.93. The van der Waals surface area contributed by atoms with Gasteiger partial charge < -0.3 is 5.73 Å². The van der Waals surface area contributed by atoms with E-state index in [0.717, 1.165) is 13.0 Å². The molecule has 0 radical (unpaired) electrons. The van der Waals surface area contributed by atoms with Gasteiger partial charge in [-0.25, -0.2) is 0 Å². The van der Waals surface area contributed by atoms with Gasteiger partial charge in [-0.05, 0) is 45.4 Å². The second-order valence-electron chi connectivity index (χ2n) is 6.21. The summed E-state index contributed by atoms with van der Waals surface area (Å²) in [6, 6.07) is 0. The largest absolute Gasteiger partial charge is 0.316 e. The molecule has 1 aliphatic rings. The fourth-order valence-electron chi connectivity index (χ4n) is 2.84. The second kappa shape index (κ2) is 11.9. The number of nitrogens with zero attached hydrogens (tertiary/aromatic N) is 2. The van der Waals surface area contributed by atoms with Gasteiger partial charge in [0, 0.05) is 12.8 Å². The molecule has 0 spiro atoms. The van der Waals surface area contributed by atoms with Gasteiger partial charge in [-0.2, -0.15) is 0 Å². The van der Waals surface area contributed by atoms with Crippen LogP contribution in [-0.2, 0) is 0 Å². The summed E-state index contributed by atoms with van der Waals surface area (Å²) in [6.07, 6.45) is 20.2. The summed E-state index contributed by atoms with van der Waals surface area (Å²) in [4.78, 5) is 6.79. The first-order valence-electron chi connectivity index (χ1n) is 8.93. The van der Waals surface area contributed by atoms with Gasteiger partial charge in [0.2, 0.25) is 0 Å². The van der Waals surface area contributed by atoms with E-state index in [-0.39, 0.29) is 6.17 Å². The molecule has 21 heavy (non-hydrogen) atoms. The fourth-order valence-corrected chi connectivity index (χ4v) is 2.84. The number of unbranched alkanes of at least 4 members (excludes halogenated alkanes) is 7. The average Bonchev–Trinajstić information content (AvgIpc) is 2.93. The predicted molar refractivity (Wildman–Crippen MR) is 93.6 cm³/mol. The molecule has 0 fully saturated rings. The van der Waals surface area contributed by atoms with E-state index in [1.807, 2.05) is 13.1 Å². The Kier molecular flexibility index (Phi) is 10.4. The summed E-state index contributed by atoms with van der Waals surface area (Å²) in [5, 5.41) is 0. The van der Waals surface area contributed by atoms with E-state index in [1.54, 1.807) is 0 Å². The molecule has 3 heteroatoms. The highest BCUT2D eigenvalue weighted by atomic mass is 15.3. The van der Waals surface area contributed by atoms with Crippen LogP contribution in [0.25, 0.3) is 0 Å². The molecule has 122 valence electrons. The van der Waals surface area contributed by atoms with Crippen LogP contribution in [0.2, 0.25) is 0 Å². The Bertz CT molecular complexity index is 297. The molecule has 0 saturated carbocycles. The highest BCUT2D eigenvalue weighted by Gasteiger charge is 2.22. The number of allylic oxidation sites excluding steroid dienone is 2. The van der Waals surface area contributed by atoms with Gasteiger partial charge in [-0.15, -0.1) is 0 Å². The Hall–Kier alpha value is -0.670. The van der Waals surface area contributed by atoms with Crippen molar-refractivity contribution in [2.45, 2.75) is 90.4 Å². The molecule has 0 aromatic carbocycles. The van der Waals surface area contributed by atoms with Gasteiger partial charge in [-0.3, -0.25) is 9.89 Å². The summed E-state index contributed by atoms with van der Waals surface area (Å²) in [5.41, 5.74) is 5.95. The zero-order valence-corrected chi connectivity index (χ0v) is 14.1. The monoisotopic (exact) mass is 293 g/mol. The van der Waals surface area contributed by atoms with Gasteiger partial charge in [0.1, 0.15) is 6.17 Å². The Morgan fingerprint density at radius 2 is 1.81 bits per heavy atom. The average molecular weight is 293 g/mol. The normalized spacial score (nSPS) is 20.6. The lowest BCUT2D eigenvalue weighted by molar-refractivity contribution is 0.182. The molecule has 2 N–H and O–H groups in total. The summed E-state index contributed by atoms with van der Waals surface area (Å²) in [6.45, 7) is 5.23. The molecule has 0 aliphatic carbocycles. The Labute approximate surface area is 131 Å². The molecule has 1 rings (SSSR count). The molecule has 3 nitrogen and oxygen atoms in total. The lowest BCUT2D eigenvalue weighted by atomic mass is 10.1. The lowest BCUT2D eigenvalue weighted by Gasteiger charge is -2.26. The summed E-state index contributed by atoms with van der Waals surface area (Å²) >= 11 is 0. The molecule has 2 atom stereocenters. The maximum absolute atomic E-state index is 5.95. The van der Waals surface area contributed by atoms with E-state index in [9.17, 15) is 0 Å². The van der Waals surface area contributed by atoms with Crippen LogP contribution in [0, 0.1) is 0 Å². The Morgan fingerprint density at radius 3 is 2.48 bits per heavy atom. The third-order valence-electron chi connectivity index (χ3n) is 4.20. The standard InChI is InChI=1S/C18H35N3/c1-3-4-5-6-7-8-9-10-11-12-13-14-18-20-15-16-21(18)17(2)19/h9-10,15,17-18H,3-8,11-14,16,19H2,1-2H3/b10-9+. The second-order valence-corrected chi connectivity index (χ2v) is 6.21. The van der Waals surface area contributed by atoms with Crippen LogP contribution in [0.15, 0.2) is 17.1 Å². The van der Waals surface area contributed by atoms with Crippen LogP contribution in [0.3, 0.4) is 0 Å². The SMILES string of the molecule is CCCCCCC/C=C/CCCCC1N=CCN1C(C)N. The number of hydrogen-bond acceptors (Lipinski definition) is 3. The van der Waals surface area contributed by atoms with Gasteiger partial charge >= 0.3 is 0 Å². The zero-order valence-electron chi connectivity index (χ0n) is 14.1. The van der Waals surface area contributed by atoms with Crippen molar-refractivity contribution >= 4 is 6.21 Å². The summed E-state index contributed by atoms with van der Waals surface area (Å²) in [5.74, 6) is 0. The predicted octanol–water partition coefficient (Wildman–Crippen LogP) is 4.48. The van der Waals surface area contributed by atoms with Gasteiger partial charge in [0.15, 0.2) is 0 Å². The van der Waals surface area contributed by atoms with Crippen molar-refractivity contribution in [2.24, 2.45) is 10.7 Å². The van der Waals surface area contributed by atoms with E-state index < -0.39 is 0 Å². The first-order valence-corrected chi connectivity index (χ1v) is 8.93. The van der Waals surface area contributed by atoms with Crippen LogP contribution in [0.1, 0.15) is 78.1 Å². The molecule has 2 unspecified atom stereocenters. The van der Waals surface area contributed by atoms with Crippen molar-refractivity contribution in [1.82, 2.24) is 4.90 Å². The molecule has 1 aliphatic heterocycles. The van der Waals surface area contributed by atoms with Gasteiger partial charge in [-0.1, -0.05) is 44.8 Å². The van der Waals surface area contributed by atoms with Crippen molar-refractivity contribution in [3.05, 3.63) is 12.2 Å². The number of nitrogens with two attached hydrogens (primary N) is 1. The molecular formula is C18H35N3. The maximum Gasteiger partial charge on any atom is 0.103 e. The number of rotatable bonds is 12. The van der Waals surface area contributed by atoms with Crippen molar-refractivity contribution in [2.75, 3.05) is 6.54 Å². The topological polar surface area (TPSA) is 41.6 Å². The summed E-state index contributed by atoms with van der Waals surface area (Å²) in [7, 11) is 0. The molecule has 1 heterocycles. The van der Waals surface area contributed by atoms with E-state index in [0.29, 0.717) is 6.17 Å². The van der Waals surface area contributed by atoms with E-state index in [1.165, 1.54) is 57.8 Å². The third-order valence-corrected chi connectivity index (χ3v) is 4.20. The first kappa shape index (κ1) is 18.4. The molecule has 0 amide bonds. The maximum atomic E-state index is 5.95. The van der Waals surface area contributed by atoms with Crippen molar-refractivity contribution in [3.8, 4) is 0 Å². The minimum atomic E-state index is 0.116. The van der Waals surface area contributed by atoms with Crippen molar-refractivity contribution in [3.63, 3.8) is 0 Å². The van der Waals surface area contributed by atoms with Crippen molar-refractivity contribution in [1.29, 1.82) is 0 Å². The van der Waals surface area contributed by atoms with E-state index in [2.05, 4.69) is 29.0 Å². The number of aliphatic imine (C=N–C) groups is 1.